The maximum atomic E-state index is 11.4. The molecule has 10 nitrogen and oxygen atoms in total. The summed E-state index contributed by atoms with van der Waals surface area (Å²) in [6, 6.07) is 0. The van der Waals surface area contributed by atoms with Crippen LogP contribution in [0.5, 0.6) is 0 Å². The number of hydrogen-bond acceptors (Lipinski definition) is 10. The fraction of sp³-hybridized carbons (Fsp3) is 0.500. The fourth-order valence-electron chi connectivity index (χ4n) is 1.50. The molecule has 1 rings (SSSR count). The summed E-state index contributed by atoms with van der Waals surface area (Å²) in [6.45, 7) is 7.87. The summed E-state index contributed by atoms with van der Waals surface area (Å²) in [5.74, 6) is -0.270. The van der Waals surface area contributed by atoms with Gasteiger partial charge in [0.25, 0.3) is 0 Å². The van der Waals surface area contributed by atoms with Crippen LogP contribution in [0.1, 0.15) is 13.8 Å². The maximum absolute atomic E-state index is 11.4. The number of esters is 2. The minimum atomic E-state index is -0.431. The maximum Gasteiger partial charge on any atom is 0.325 e. The lowest BCUT2D eigenvalue weighted by atomic mass is 10.6. The number of anilines is 3. The lowest BCUT2D eigenvalue weighted by molar-refractivity contribution is -0.141. The predicted octanol–water partition coefficient (Wildman–Crippen LogP) is 0.420. The molecule has 24 heavy (non-hydrogen) atoms. The molecule has 10 heteroatoms. The lowest BCUT2D eigenvalue weighted by Crippen LogP contribution is -2.21. The third-order valence-electron chi connectivity index (χ3n) is 2.43. The quantitative estimate of drug-likeness (QED) is 0.386. The second-order valence-electron chi connectivity index (χ2n) is 4.29. The van der Waals surface area contributed by atoms with Gasteiger partial charge in [0.15, 0.2) is 0 Å². The van der Waals surface area contributed by atoms with E-state index in [1.807, 2.05) is 0 Å². The van der Waals surface area contributed by atoms with Crippen LogP contribution < -0.4 is 16.0 Å². The molecule has 0 aromatic carbocycles. The molecular weight excluding hydrogens is 316 g/mol. The van der Waals surface area contributed by atoms with Gasteiger partial charge in [0, 0.05) is 6.54 Å². The van der Waals surface area contributed by atoms with Crippen molar-refractivity contribution < 1.29 is 19.1 Å². The Morgan fingerprint density at radius 1 is 0.917 bits per heavy atom. The topological polar surface area (TPSA) is 127 Å². The summed E-state index contributed by atoms with van der Waals surface area (Å²) in [4.78, 5) is 35.1. The number of nitrogens with one attached hydrogen (secondary N) is 3. The lowest BCUT2D eigenvalue weighted by Gasteiger charge is -2.10. The number of hydrogen-bond donors (Lipinski definition) is 3. The molecule has 0 radical (unpaired) electrons. The molecule has 1 heterocycles. The van der Waals surface area contributed by atoms with Crippen LogP contribution >= 0.6 is 0 Å². The Labute approximate surface area is 140 Å². The highest BCUT2D eigenvalue weighted by molar-refractivity contribution is 5.75. The molecule has 0 spiro atoms. The van der Waals surface area contributed by atoms with Gasteiger partial charge in [-0.15, -0.1) is 6.58 Å². The van der Waals surface area contributed by atoms with Gasteiger partial charge in [-0.3, -0.25) is 9.59 Å². The van der Waals surface area contributed by atoms with E-state index < -0.39 is 11.9 Å². The Kier molecular flexibility index (Phi) is 8.58. The number of carbonyl (C=O) groups excluding carboxylic acids is 2. The first-order valence-electron chi connectivity index (χ1n) is 7.48. The van der Waals surface area contributed by atoms with Gasteiger partial charge in [0.2, 0.25) is 17.8 Å². The molecule has 1 aromatic rings. The zero-order valence-electron chi connectivity index (χ0n) is 13.8. The summed E-state index contributed by atoms with van der Waals surface area (Å²) in [5, 5.41) is 8.39. The number of ether oxygens (including phenoxy) is 2. The first kappa shape index (κ1) is 19.1. The molecule has 0 bridgehead atoms. The van der Waals surface area contributed by atoms with E-state index in [0.717, 1.165) is 0 Å². The highest BCUT2D eigenvalue weighted by atomic mass is 16.5. The van der Waals surface area contributed by atoms with E-state index >= 15 is 0 Å². The summed E-state index contributed by atoms with van der Waals surface area (Å²) in [5.41, 5.74) is 0. The van der Waals surface area contributed by atoms with Gasteiger partial charge in [0.05, 0.1) is 13.2 Å². The molecule has 0 unspecified atom stereocenters. The van der Waals surface area contributed by atoms with Gasteiger partial charge in [-0.05, 0) is 13.8 Å². The van der Waals surface area contributed by atoms with Crippen LogP contribution in [0.3, 0.4) is 0 Å². The van der Waals surface area contributed by atoms with Gasteiger partial charge in [-0.25, -0.2) is 0 Å². The predicted molar refractivity (Wildman–Crippen MR) is 88.8 cm³/mol. The van der Waals surface area contributed by atoms with Crippen molar-refractivity contribution in [3.05, 3.63) is 12.7 Å². The van der Waals surface area contributed by atoms with Crippen molar-refractivity contribution in [2.75, 3.05) is 48.8 Å². The Morgan fingerprint density at radius 2 is 1.33 bits per heavy atom. The van der Waals surface area contributed by atoms with Gasteiger partial charge in [0.1, 0.15) is 13.1 Å². The number of aromatic nitrogens is 3. The highest BCUT2D eigenvalue weighted by Gasteiger charge is 2.10. The van der Waals surface area contributed by atoms with E-state index in [4.69, 9.17) is 9.47 Å². The van der Waals surface area contributed by atoms with Crippen molar-refractivity contribution >= 4 is 29.8 Å². The highest BCUT2D eigenvalue weighted by Crippen LogP contribution is 2.09. The Morgan fingerprint density at radius 3 is 1.71 bits per heavy atom. The largest absolute Gasteiger partial charge is 0.465 e. The molecule has 132 valence electrons. The number of rotatable bonds is 11. The van der Waals surface area contributed by atoms with Gasteiger partial charge < -0.3 is 25.4 Å². The summed E-state index contributed by atoms with van der Waals surface area (Å²) < 4.78 is 9.63. The summed E-state index contributed by atoms with van der Waals surface area (Å²) in [6.07, 6.45) is 1.64. The average molecular weight is 338 g/mol. The Hall–Kier alpha value is -2.91. The molecule has 1 aromatic heterocycles. The zero-order chi connectivity index (χ0) is 17.8. The molecule has 0 saturated carbocycles. The van der Waals surface area contributed by atoms with Crippen LogP contribution in [0.25, 0.3) is 0 Å². The van der Waals surface area contributed by atoms with E-state index in [2.05, 4.69) is 37.5 Å². The van der Waals surface area contributed by atoms with Crippen LogP contribution in [-0.4, -0.2) is 59.7 Å². The smallest absolute Gasteiger partial charge is 0.325 e. The molecule has 0 amide bonds. The molecule has 0 aliphatic rings. The van der Waals surface area contributed by atoms with Gasteiger partial charge in [-0.1, -0.05) is 6.08 Å². The number of carbonyl (C=O) groups is 2. The molecule has 0 aliphatic carbocycles. The van der Waals surface area contributed by atoms with Crippen molar-refractivity contribution in [1.29, 1.82) is 0 Å². The third kappa shape index (κ3) is 7.38. The van der Waals surface area contributed by atoms with E-state index in [9.17, 15) is 9.59 Å². The summed E-state index contributed by atoms with van der Waals surface area (Å²) >= 11 is 0. The molecule has 3 N–H and O–H groups in total. The minimum absolute atomic E-state index is 0.0872. The second-order valence-corrected chi connectivity index (χ2v) is 4.29. The van der Waals surface area contributed by atoms with Gasteiger partial charge >= 0.3 is 11.9 Å². The fourth-order valence-corrected chi connectivity index (χ4v) is 1.50. The van der Waals surface area contributed by atoms with Crippen molar-refractivity contribution in [1.82, 2.24) is 15.0 Å². The standard InChI is InChI=1S/C14H22N6O4/c1-4-7-15-12-18-13(16-8-10(21)23-5-2)20-14(19-12)17-9-11(22)24-6-3/h4H,1,5-9H2,2-3H3,(H3,15,16,17,18,19,20). The molecule has 0 aliphatic heterocycles. The van der Waals surface area contributed by atoms with Crippen LogP contribution in [0.15, 0.2) is 12.7 Å². The van der Waals surface area contributed by atoms with Crippen molar-refractivity contribution in [3.8, 4) is 0 Å². The van der Waals surface area contributed by atoms with E-state index in [0.29, 0.717) is 6.54 Å². The first-order valence-corrected chi connectivity index (χ1v) is 7.48. The van der Waals surface area contributed by atoms with Crippen molar-refractivity contribution in [2.24, 2.45) is 0 Å². The molecule has 0 atom stereocenters. The Bertz CT molecular complexity index is 526. The SMILES string of the molecule is C=CCNc1nc(NCC(=O)OCC)nc(NCC(=O)OCC)n1. The van der Waals surface area contributed by atoms with Crippen LogP contribution in [0.2, 0.25) is 0 Å². The minimum Gasteiger partial charge on any atom is -0.465 e. The van der Waals surface area contributed by atoms with Crippen molar-refractivity contribution in [2.45, 2.75) is 13.8 Å². The van der Waals surface area contributed by atoms with Crippen LogP contribution in [0.4, 0.5) is 17.8 Å². The molecule has 0 fully saturated rings. The van der Waals surface area contributed by atoms with Crippen molar-refractivity contribution in [3.63, 3.8) is 0 Å². The average Bonchev–Trinajstić information content (AvgIpc) is 2.57. The molecule has 0 saturated heterocycles. The van der Waals surface area contributed by atoms with Crippen LogP contribution in [-0.2, 0) is 19.1 Å². The third-order valence-corrected chi connectivity index (χ3v) is 2.43. The van der Waals surface area contributed by atoms with E-state index in [-0.39, 0.29) is 44.1 Å². The second kappa shape index (κ2) is 10.8. The zero-order valence-corrected chi connectivity index (χ0v) is 13.8. The monoisotopic (exact) mass is 338 g/mol. The van der Waals surface area contributed by atoms with Crippen LogP contribution in [0, 0.1) is 0 Å². The Balaban J connectivity index is 2.76. The van der Waals surface area contributed by atoms with E-state index in [1.54, 1.807) is 19.9 Å². The molecular formula is C14H22N6O4. The summed E-state index contributed by atoms with van der Waals surface area (Å²) in [7, 11) is 0. The number of nitrogens with zero attached hydrogens (tertiary/aromatic N) is 3. The normalized spacial score (nSPS) is 9.75. The van der Waals surface area contributed by atoms with E-state index in [1.165, 1.54) is 0 Å². The first-order chi connectivity index (χ1) is 11.6. The van der Waals surface area contributed by atoms with Gasteiger partial charge in [-0.2, -0.15) is 15.0 Å².